The number of ether oxygens (including phenoxy) is 1. The van der Waals surface area contributed by atoms with Crippen LogP contribution in [0.15, 0.2) is 70.7 Å². The molecule has 0 saturated carbocycles. The summed E-state index contributed by atoms with van der Waals surface area (Å²) in [7, 11) is 0. The molecule has 5 rings (SSSR count). The minimum atomic E-state index is -0.422. The van der Waals surface area contributed by atoms with Crippen LogP contribution in [0.25, 0.3) is 5.69 Å². The molecule has 1 aromatic heterocycles. The van der Waals surface area contributed by atoms with Crippen LogP contribution in [0, 0.1) is 5.41 Å². The van der Waals surface area contributed by atoms with Gasteiger partial charge in [-0.3, -0.25) is 14.7 Å². The highest BCUT2D eigenvalue weighted by Gasteiger charge is 2.42. The Kier molecular flexibility index (Phi) is 4.81. The van der Waals surface area contributed by atoms with E-state index in [1.807, 2.05) is 61.5 Å². The molecule has 0 saturated heterocycles. The van der Waals surface area contributed by atoms with Crippen molar-refractivity contribution in [1.29, 1.82) is 0 Å². The Labute approximate surface area is 186 Å². The Morgan fingerprint density at radius 1 is 1.03 bits per heavy atom. The largest absolute Gasteiger partial charge is 0.494 e. The standard InChI is InChI=1S/C26H27N3O3/c1-4-32-18-12-10-16(11-13-18)21-22-19(14-26(2,3)15-20(22)30)27-24-23(21)25(31)29(28-24)17-8-6-5-7-9-17/h5-13,21,27-28H,4,14-15H2,1-3H3/t21-/m0/s1. The van der Waals surface area contributed by atoms with Gasteiger partial charge in [-0.25, -0.2) is 4.68 Å². The molecule has 6 nitrogen and oxygen atoms in total. The summed E-state index contributed by atoms with van der Waals surface area (Å²) in [4.78, 5) is 27.0. The second kappa shape index (κ2) is 7.55. The second-order valence-electron chi connectivity index (χ2n) is 9.27. The lowest BCUT2D eigenvalue weighted by Crippen LogP contribution is -2.35. The number of allylic oxidation sites excluding steroid dienone is 2. The number of hydrogen-bond donors (Lipinski definition) is 2. The SMILES string of the molecule is CCOc1ccc([C@H]2C3=C(CC(C)(C)CC3=O)Nc3[nH]n(-c4ccccc4)c(=O)c32)cc1. The van der Waals surface area contributed by atoms with E-state index in [0.29, 0.717) is 30.0 Å². The third kappa shape index (κ3) is 3.36. The number of rotatable bonds is 4. The zero-order chi connectivity index (χ0) is 22.5. The molecule has 6 heteroatoms. The maximum Gasteiger partial charge on any atom is 0.277 e. The lowest BCUT2D eigenvalue weighted by atomic mass is 9.69. The fourth-order valence-electron chi connectivity index (χ4n) is 4.91. The Morgan fingerprint density at radius 3 is 2.44 bits per heavy atom. The van der Waals surface area contributed by atoms with Crippen molar-refractivity contribution in [3.63, 3.8) is 0 Å². The van der Waals surface area contributed by atoms with Crippen LogP contribution < -0.4 is 15.6 Å². The van der Waals surface area contributed by atoms with Crippen molar-refractivity contribution in [1.82, 2.24) is 9.78 Å². The highest BCUT2D eigenvalue weighted by Crippen LogP contribution is 2.47. The van der Waals surface area contributed by atoms with Gasteiger partial charge < -0.3 is 10.1 Å². The van der Waals surface area contributed by atoms with Crippen LogP contribution in [0.5, 0.6) is 5.75 Å². The summed E-state index contributed by atoms with van der Waals surface area (Å²) in [5, 5.41) is 6.65. The lowest BCUT2D eigenvalue weighted by Gasteiger charge is -2.37. The summed E-state index contributed by atoms with van der Waals surface area (Å²) in [5.41, 5.74) is 3.56. The van der Waals surface area contributed by atoms with Gasteiger partial charge in [-0.1, -0.05) is 44.2 Å². The summed E-state index contributed by atoms with van der Waals surface area (Å²) in [6, 6.07) is 17.2. The summed E-state index contributed by atoms with van der Waals surface area (Å²) >= 11 is 0. The number of ketones is 1. The Balaban J connectivity index is 1.70. The van der Waals surface area contributed by atoms with Gasteiger partial charge in [-0.15, -0.1) is 0 Å². The topological polar surface area (TPSA) is 76.1 Å². The molecule has 0 amide bonds. The first-order valence-corrected chi connectivity index (χ1v) is 11.0. The molecular weight excluding hydrogens is 402 g/mol. The third-order valence-corrected chi connectivity index (χ3v) is 6.24. The number of aromatic nitrogens is 2. The van der Waals surface area contributed by atoms with Gasteiger partial charge in [0.25, 0.3) is 5.56 Å². The van der Waals surface area contributed by atoms with Crippen molar-refractivity contribution in [3.8, 4) is 11.4 Å². The molecule has 164 valence electrons. The van der Waals surface area contributed by atoms with Crippen molar-refractivity contribution in [2.75, 3.05) is 11.9 Å². The molecule has 2 aromatic carbocycles. The van der Waals surface area contributed by atoms with E-state index < -0.39 is 5.92 Å². The van der Waals surface area contributed by atoms with Crippen LogP contribution in [-0.4, -0.2) is 22.2 Å². The Hall–Kier alpha value is -3.54. The predicted molar refractivity (Wildman–Crippen MR) is 125 cm³/mol. The number of nitrogens with one attached hydrogen (secondary N) is 2. The van der Waals surface area contributed by atoms with Crippen LogP contribution >= 0.6 is 0 Å². The number of fused-ring (bicyclic) bond motifs is 1. The fraction of sp³-hybridized carbons (Fsp3) is 0.308. The van der Waals surface area contributed by atoms with E-state index in [1.54, 1.807) is 4.68 Å². The summed E-state index contributed by atoms with van der Waals surface area (Å²) < 4.78 is 7.14. The van der Waals surface area contributed by atoms with Crippen molar-refractivity contribution in [3.05, 3.63) is 87.3 Å². The van der Waals surface area contributed by atoms with Crippen LogP contribution in [0.1, 0.15) is 50.7 Å². The monoisotopic (exact) mass is 429 g/mol. The first-order chi connectivity index (χ1) is 15.4. The fourth-order valence-corrected chi connectivity index (χ4v) is 4.91. The van der Waals surface area contributed by atoms with Crippen LogP contribution in [0.3, 0.4) is 0 Å². The summed E-state index contributed by atoms with van der Waals surface area (Å²) in [6.07, 6.45) is 1.22. The Morgan fingerprint density at radius 2 is 1.75 bits per heavy atom. The van der Waals surface area contributed by atoms with Crippen LogP contribution in [-0.2, 0) is 4.79 Å². The first-order valence-electron chi connectivity index (χ1n) is 11.0. The zero-order valence-corrected chi connectivity index (χ0v) is 18.6. The molecule has 2 aliphatic rings. The van der Waals surface area contributed by atoms with Gasteiger partial charge in [0.15, 0.2) is 5.78 Å². The average molecular weight is 430 g/mol. The molecule has 0 radical (unpaired) electrons. The van der Waals surface area contributed by atoms with E-state index in [2.05, 4.69) is 24.3 Å². The number of hydrogen-bond acceptors (Lipinski definition) is 4. The molecule has 1 atom stereocenters. The number of anilines is 1. The van der Waals surface area contributed by atoms with Gasteiger partial charge in [0, 0.05) is 23.6 Å². The van der Waals surface area contributed by atoms with Crippen molar-refractivity contribution in [2.24, 2.45) is 5.41 Å². The summed E-state index contributed by atoms with van der Waals surface area (Å²) in [6.45, 7) is 6.74. The predicted octanol–water partition coefficient (Wildman–Crippen LogP) is 4.76. The van der Waals surface area contributed by atoms with Gasteiger partial charge in [0.1, 0.15) is 11.6 Å². The van der Waals surface area contributed by atoms with Gasteiger partial charge in [-0.2, -0.15) is 0 Å². The van der Waals surface area contributed by atoms with E-state index in [-0.39, 0.29) is 16.8 Å². The molecule has 0 unspecified atom stereocenters. The average Bonchev–Trinajstić information content (AvgIpc) is 3.09. The molecule has 2 heterocycles. The van der Waals surface area contributed by atoms with Gasteiger partial charge >= 0.3 is 0 Å². The zero-order valence-electron chi connectivity index (χ0n) is 18.6. The van der Waals surface area contributed by atoms with Gasteiger partial charge in [-0.05, 0) is 48.6 Å². The number of Topliss-reactive ketones (excluding diaryl/α,β-unsaturated/α-hetero) is 1. The maximum absolute atomic E-state index is 13.6. The number of aromatic amines is 1. The lowest BCUT2D eigenvalue weighted by molar-refractivity contribution is -0.118. The minimum Gasteiger partial charge on any atom is -0.494 e. The van der Waals surface area contributed by atoms with E-state index in [9.17, 15) is 9.59 Å². The smallest absolute Gasteiger partial charge is 0.277 e. The van der Waals surface area contributed by atoms with Crippen molar-refractivity contribution in [2.45, 2.75) is 39.5 Å². The minimum absolute atomic E-state index is 0.0974. The van der Waals surface area contributed by atoms with E-state index >= 15 is 0 Å². The molecule has 1 aliphatic carbocycles. The van der Waals surface area contributed by atoms with Crippen molar-refractivity contribution < 1.29 is 9.53 Å². The quantitative estimate of drug-likeness (QED) is 0.627. The number of carbonyl (C=O) groups is 1. The molecule has 2 N–H and O–H groups in total. The second-order valence-corrected chi connectivity index (χ2v) is 9.27. The molecule has 0 bridgehead atoms. The number of nitrogens with zero attached hydrogens (tertiary/aromatic N) is 1. The first kappa shape index (κ1) is 20.4. The highest BCUT2D eigenvalue weighted by molar-refractivity contribution is 6.01. The molecular formula is C26H27N3O3. The van der Waals surface area contributed by atoms with Crippen LogP contribution in [0.2, 0.25) is 0 Å². The molecule has 3 aromatic rings. The third-order valence-electron chi connectivity index (χ3n) is 6.24. The van der Waals surface area contributed by atoms with E-state index in [4.69, 9.17) is 4.74 Å². The number of benzene rings is 2. The molecule has 0 fully saturated rings. The number of H-pyrrole nitrogens is 1. The van der Waals surface area contributed by atoms with Crippen LogP contribution in [0.4, 0.5) is 5.82 Å². The highest BCUT2D eigenvalue weighted by atomic mass is 16.5. The normalized spacial score (nSPS) is 19.2. The Bertz CT molecular complexity index is 1260. The maximum atomic E-state index is 13.6. The number of carbonyl (C=O) groups excluding carboxylic acids is 1. The molecule has 0 spiro atoms. The van der Waals surface area contributed by atoms with Crippen molar-refractivity contribution >= 4 is 11.6 Å². The van der Waals surface area contributed by atoms with Gasteiger partial charge in [0.2, 0.25) is 0 Å². The molecule has 1 aliphatic heterocycles. The molecule has 32 heavy (non-hydrogen) atoms. The van der Waals surface area contributed by atoms with E-state index in [1.165, 1.54) is 0 Å². The summed E-state index contributed by atoms with van der Waals surface area (Å²) in [5.74, 6) is 1.10. The van der Waals surface area contributed by atoms with Gasteiger partial charge in [0.05, 0.1) is 17.9 Å². The number of para-hydroxylation sites is 1. The van der Waals surface area contributed by atoms with E-state index in [0.717, 1.165) is 29.1 Å².